The standard InChI is InChI=1S/C19H18N2/c1-2-6-16(7-3-1)17-9-11-19(12-10-17)21-15-13-18-8-4-5-14-20-18/h1-12,14,21H,13,15H2. The summed E-state index contributed by atoms with van der Waals surface area (Å²) >= 11 is 0. The van der Waals surface area contributed by atoms with Gasteiger partial charge in [-0.15, -0.1) is 0 Å². The van der Waals surface area contributed by atoms with Crippen LogP contribution in [-0.2, 0) is 6.42 Å². The second-order valence-electron chi connectivity index (χ2n) is 4.94. The van der Waals surface area contributed by atoms with Crippen molar-refractivity contribution in [3.05, 3.63) is 84.7 Å². The van der Waals surface area contributed by atoms with Crippen molar-refractivity contribution >= 4 is 5.69 Å². The topological polar surface area (TPSA) is 24.9 Å². The smallest absolute Gasteiger partial charge is 0.0421 e. The van der Waals surface area contributed by atoms with Crippen LogP contribution in [0.2, 0.25) is 0 Å². The Morgan fingerprint density at radius 2 is 1.43 bits per heavy atom. The van der Waals surface area contributed by atoms with Crippen molar-refractivity contribution in [1.29, 1.82) is 0 Å². The van der Waals surface area contributed by atoms with Crippen molar-refractivity contribution < 1.29 is 0 Å². The molecular formula is C19H18N2. The highest BCUT2D eigenvalue weighted by atomic mass is 14.9. The Morgan fingerprint density at radius 3 is 2.14 bits per heavy atom. The van der Waals surface area contributed by atoms with E-state index in [9.17, 15) is 0 Å². The Morgan fingerprint density at radius 1 is 0.714 bits per heavy atom. The molecule has 2 nitrogen and oxygen atoms in total. The van der Waals surface area contributed by atoms with Crippen LogP contribution < -0.4 is 5.32 Å². The lowest BCUT2D eigenvalue weighted by atomic mass is 10.1. The molecule has 1 aromatic heterocycles. The van der Waals surface area contributed by atoms with E-state index in [2.05, 4.69) is 64.9 Å². The predicted octanol–water partition coefficient (Wildman–Crippen LogP) is 4.40. The maximum absolute atomic E-state index is 4.32. The summed E-state index contributed by atoms with van der Waals surface area (Å²) in [7, 11) is 0. The molecule has 0 amide bonds. The third-order valence-electron chi connectivity index (χ3n) is 3.43. The van der Waals surface area contributed by atoms with Crippen molar-refractivity contribution in [2.45, 2.75) is 6.42 Å². The fourth-order valence-electron chi connectivity index (χ4n) is 2.29. The third kappa shape index (κ3) is 3.69. The molecule has 0 aliphatic rings. The van der Waals surface area contributed by atoms with E-state index in [-0.39, 0.29) is 0 Å². The van der Waals surface area contributed by atoms with Gasteiger partial charge in [-0.1, -0.05) is 48.5 Å². The van der Waals surface area contributed by atoms with E-state index in [0.717, 1.165) is 24.3 Å². The summed E-state index contributed by atoms with van der Waals surface area (Å²) in [5.74, 6) is 0. The SMILES string of the molecule is c1ccc(-c2ccc(NCCc3ccccn3)cc2)cc1. The van der Waals surface area contributed by atoms with E-state index in [1.807, 2.05) is 24.4 Å². The fraction of sp³-hybridized carbons (Fsp3) is 0.105. The first-order valence-corrected chi connectivity index (χ1v) is 7.21. The number of nitrogens with zero attached hydrogens (tertiary/aromatic N) is 1. The number of benzene rings is 2. The van der Waals surface area contributed by atoms with Gasteiger partial charge in [0.15, 0.2) is 0 Å². The van der Waals surface area contributed by atoms with Gasteiger partial charge in [0.05, 0.1) is 0 Å². The molecule has 0 radical (unpaired) electrons. The summed E-state index contributed by atoms with van der Waals surface area (Å²) in [4.78, 5) is 4.32. The number of anilines is 1. The number of pyridine rings is 1. The van der Waals surface area contributed by atoms with Crippen molar-refractivity contribution in [2.24, 2.45) is 0 Å². The summed E-state index contributed by atoms with van der Waals surface area (Å²) < 4.78 is 0. The molecule has 21 heavy (non-hydrogen) atoms. The molecule has 3 aromatic rings. The number of hydrogen-bond acceptors (Lipinski definition) is 2. The largest absolute Gasteiger partial charge is 0.385 e. The Kier molecular flexibility index (Phi) is 4.27. The molecule has 0 saturated heterocycles. The van der Waals surface area contributed by atoms with Crippen molar-refractivity contribution in [3.63, 3.8) is 0 Å². The van der Waals surface area contributed by atoms with Crippen molar-refractivity contribution in [1.82, 2.24) is 4.98 Å². The lowest BCUT2D eigenvalue weighted by Gasteiger charge is -2.07. The molecule has 1 N–H and O–H groups in total. The van der Waals surface area contributed by atoms with Gasteiger partial charge in [0.1, 0.15) is 0 Å². The Balaban J connectivity index is 1.58. The average Bonchev–Trinajstić information content (AvgIpc) is 2.57. The number of rotatable bonds is 5. The van der Waals surface area contributed by atoms with Crippen LogP contribution in [0.25, 0.3) is 11.1 Å². The molecule has 0 spiro atoms. The second-order valence-corrected chi connectivity index (χ2v) is 4.94. The van der Waals surface area contributed by atoms with E-state index in [0.29, 0.717) is 0 Å². The van der Waals surface area contributed by atoms with Gasteiger partial charge in [-0.25, -0.2) is 0 Å². The van der Waals surface area contributed by atoms with Crippen LogP contribution >= 0.6 is 0 Å². The number of hydrogen-bond donors (Lipinski definition) is 1. The molecule has 0 atom stereocenters. The molecule has 104 valence electrons. The summed E-state index contributed by atoms with van der Waals surface area (Å²) in [5, 5.41) is 3.43. The zero-order valence-corrected chi connectivity index (χ0v) is 11.9. The molecule has 0 unspecified atom stereocenters. The van der Waals surface area contributed by atoms with Crippen LogP contribution in [-0.4, -0.2) is 11.5 Å². The van der Waals surface area contributed by atoms with E-state index >= 15 is 0 Å². The normalized spacial score (nSPS) is 10.3. The Labute approximate surface area is 125 Å². The average molecular weight is 274 g/mol. The summed E-state index contributed by atoms with van der Waals surface area (Å²) in [6.45, 7) is 0.891. The lowest BCUT2D eigenvalue weighted by molar-refractivity contribution is 0.961. The summed E-state index contributed by atoms with van der Waals surface area (Å²) in [5.41, 5.74) is 4.75. The molecular weight excluding hydrogens is 256 g/mol. The molecule has 0 fully saturated rings. The maximum Gasteiger partial charge on any atom is 0.0421 e. The molecule has 0 saturated carbocycles. The minimum atomic E-state index is 0.891. The van der Waals surface area contributed by atoms with Crippen LogP contribution in [0.5, 0.6) is 0 Å². The van der Waals surface area contributed by atoms with Gasteiger partial charge in [-0.2, -0.15) is 0 Å². The number of nitrogens with one attached hydrogen (secondary N) is 1. The Bertz CT molecular complexity index is 661. The third-order valence-corrected chi connectivity index (χ3v) is 3.43. The van der Waals surface area contributed by atoms with Crippen molar-refractivity contribution in [3.8, 4) is 11.1 Å². The van der Waals surface area contributed by atoms with Crippen LogP contribution in [0.4, 0.5) is 5.69 Å². The van der Waals surface area contributed by atoms with Gasteiger partial charge in [0.2, 0.25) is 0 Å². The zero-order valence-electron chi connectivity index (χ0n) is 11.9. The predicted molar refractivity (Wildman–Crippen MR) is 88.3 cm³/mol. The van der Waals surface area contributed by atoms with Gasteiger partial charge in [-0.3, -0.25) is 4.98 Å². The van der Waals surface area contributed by atoms with E-state index in [1.165, 1.54) is 11.1 Å². The monoisotopic (exact) mass is 274 g/mol. The van der Waals surface area contributed by atoms with Gasteiger partial charge in [0, 0.05) is 30.5 Å². The highest BCUT2D eigenvalue weighted by molar-refractivity contribution is 5.65. The maximum atomic E-state index is 4.32. The molecule has 2 aromatic carbocycles. The van der Waals surface area contributed by atoms with Gasteiger partial charge in [-0.05, 0) is 35.4 Å². The fourth-order valence-corrected chi connectivity index (χ4v) is 2.29. The summed E-state index contributed by atoms with van der Waals surface area (Å²) in [6.07, 6.45) is 2.77. The van der Waals surface area contributed by atoms with Crippen LogP contribution in [0, 0.1) is 0 Å². The molecule has 0 aliphatic carbocycles. The minimum absolute atomic E-state index is 0.891. The van der Waals surface area contributed by atoms with E-state index < -0.39 is 0 Å². The first-order valence-electron chi connectivity index (χ1n) is 7.21. The highest BCUT2D eigenvalue weighted by Gasteiger charge is 1.98. The first kappa shape index (κ1) is 13.4. The van der Waals surface area contributed by atoms with Crippen LogP contribution in [0.15, 0.2) is 79.0 Å². The minimum Gasteiger partial charge on any atom is -0.385 e. The summed E-state index contributed by atoms with van der Waals surface area (Å²) in [6, 6.07) is 25.0. The van der Waals surface area contributed by atoms with Crippen LogP contribution in [0.3, 0.4) is 0 Å². The number of aromatic nitrogens is 1. The second kappa shape index (κ2) is 6.71. The Hall–Kier alpha value is -2.61. The molecule has 2 heteroatoms. The molecule has 3 rings (SSSR count). The van der Waals surface area contributed by atoms with Crippen molar-refractivity contribution in [2.75, 3.05) is 11.9 Å². The molecule has 0 aliphatic heterocycles. The highest BCUT2D eigenvalue weighted by Crippen LogP contribution is 2.20. The lowest BCUT2D eigenvalue weighted by Crippen LogP contribution is -2.05. The van der Waals surface area contributed by atoms with E-state index in [4.69, 9.17) is 0 Å². The van der Waals surface area contributed by atoms with Crippen LogP contribution in [0.1, 0.15) is 5.69 Å². The van der Waals surface area contributed by atoms with Gasteiger partial charge in [0.25, 0.3) is 0 Å². The van der Waals surface area contributed by atoms with Gasteiger partial charge >= 0.3 is 0 Å². The van der Waals surface area contributed by atoms with Gasteiger partial charge < -0.3 is 5.32 Å². The quantitative estimate of drug-likeness (QED) is 0.745. The zero-order chi connectivity index (χ0) is 14.3. The van der Waals surface area contributed by atoms with E-state index in [1.54, 1.807) is 0 Å². The first-order chi connectivity index (χ1) is 10.4. The molecule has 1 heterocycles. The molecule has 0 bridgehead atoms.